The van der Waals surface area contributed by atoms with Gasteiger partial charge in [0.2, 0.25) is 0 Å². The van der Waals surface area contributed by atoms with Gasteiger partial charge in [-0.05, 0) is 28.5 Å². The van der Waals surface area contributed by atoms with Gasteiger partial charge in [-0.25, -0.2) is 4.79 Å². The number of aliphatic carboxylic acids is 1. The predicted molar refractivity (Wildman–Crippen MR) is 75.7 cm³/mol. The highest BCUT2D eigenvalue weighted by atomic mass is 16.5. The molecule has 3 nitrogen and oxygen atoms in total. The van der Waals surface area contributed by atoms with Crippen LogP contribution in [0.15, 0.2) is 60.4 Å². The van der Waals surface area contributed by atoms with Crippen molar-refractivity contribution in [2.24, 2.45) is 0 Å². The smallest absolute Gasteiger partial charge is 0.332 e. The van der Waals surface area contributed by atoms with Crippen molar-refractivity contribution in [2.75, 3.05) is 7.11 Å². The lowest BCUT2D eigenvalue weighted by Gasteiger charge is -2.00. The van der Waals surface area contributed by atoms with Crippen LogP contribution in [0, 0.1) is 0 Å². The number of hydrogen-bond acceptors (Lipinski definition) is 2. The SMILES string of the molecule is COC(/C=C/c1ccc2ccccc2c1)=C/C(=O)O. The summed E-state index contributed by atoms with van der Waals surface area (Å²) >= 11 is 0. The second-order valence-electron chi connectivity index (χ2n) is 4.03. The number of benzene rings is 2. The van der Waals surface area contributed by atoms with E-state index in [1.54, 1.807) is 6.08 Å². The van der Waals surface area contributed by atoms with Gasteiger partial charge in [-0.3, -0.25) is 0 Å². The fourth-order valence-electron chi connectivity index (χ4n) is 1.79. The highest BCUT2D eigenvalue weighted by Gasteiger charge is 1.96. The third-order valence-electron chi connectivity index (χ3n) is 2.72. The van der Waals surface area contributed by atoms with Gasteiger partial charge in [0.15, 0.2) is 0 Å². The van der Waals surface area contributed by atoms with Crippen molar-refractivity contribution in [3.8, 4) is 0 Å². The van der Waals surface area contributed by atoms with Crippen LogP contribution in [0.4, 0.5) is 0 Å². The lowest BCUT2D eigenvalue weighted by atomic mass is 10.1. The molecule has 0 aliphatic heterocycles. The number of rotatable bonds is 4. The van der Waals surface area contributed by atoms with Crippen molar-refractivity contribution in [2.45, 2.75) is 0 Å². The molecule has 0 fully saturated rings. The molecule has 0 spiro atoms. The molecule has 19 heavy (non-hydrogen) atoms. The van der Waals surface area contributed by atoms with Crippen molar-refractivity contribution in [3.63, 3.8) is 0 Å². The zero-order valence-corrected chi connectivity index (χ0v) is 10.5. The van der Waals surface area contributed by atoms with E-state index in [-0.39, 0.29) is 0 Å². The van der Waals surface area contributed by atoms with Crippen LogP contribution in [0.2, 0.25) is 0 Å². The molecule has 1 N–H and O–H groups in total. The van der Waals surface area contributed by atoms with Gasteiger partial charge in [-0.1, -0.05) is 42.5 Å². The van der Waals surface area contributed by atoms with E-state index in [2.05, 4.69) is 0 Å². The number of carboxylic acid groups (broad SMARTS) is 1. The van der Waals surface area contributed by atoms with Crippen molar-refractivity contribution in [1.82, 2.24) is 0 Å². The number of carboxylic acids is 1. The molecule has 2 aromatic carbocycles. The third kappa shape index (κ3) is 3.45. The number of carbonyl (C=O) groups is 1. The van der Waals surface area contributed by atoms with E-state index in [0.717, 1.165) is 17.0 Å². The maximum atomic E-state index is 10.6. The van der Waals surface area contributed by atoms with Crippen LogP contribution in [0.25, 0.3) is 16.8 Å². The summed E-state index contributed by atoms with van der Waals surface area (Å²) in [6.45, 7) is 0. The normalized spacial score (nSPS) is 11.9. The van der Waals surface area contributed by atoms with E-state index >= 15 is 0 Å². The topological polar surface area (TPSA) is 46.5 Å². The van der Waals surface area contributed by atoms with Crippen LogP contribution in [0.1, 0.15) is 5.56 Å². The first-order valence-corrected chi connectivity index (χ1v) is 5.84. The Morgan fingerprint density at radius 3 is 2.58 bits per heavy atom. The second kappa shape index (κ2) is 5.87. The molecule has 96 valence electrons. The van der Waals surface area contributed by atoms with E-state index in [1.807, 2.05) is 48.5 Å². The van der Waals surface area contributed by atoms with Gasteiger partial charge < -0.3 is 9.84 Å². The number of ether oxygens (including phenoxy) is 1. The standard InChI is InChI=1S/C16H14O3/c1-19-15(11-16(17)18)9-7-12-6-8-13-4-2-3-5-14(13)10-12/h2-11H,1H3,(H,17,18)/b9-7+,15-11+. The quantitative estimate of drug-likeness (QED) is 0.516. The van der Waals surface area contributed by atoms with E-state index in [1.165, 1.54) is 12.5 Å². The predicted octanol–water partition coefficient (Wildman–Crippen LogP) is 3.47. The van der Waals surface area contributed by atoms with Crippen molar-refractivity contribution >= 4 is 22.8 Å². The Bertz CT molecular complexity index is 654. The van der Waals surface area contributed by atoms with Crippen LogP contribution in [0.3, 0.4) is 0 Å². The molecular weight excluding hydrogens is 240 g/mol. The Balaban J connectivity index is 2.27. The van der Waals surface area contributed by atoms with Gasteiger partial charge in [-0.2, -0.15) is 0 Å². The summed E-state index contributed by atoms with van der Waals surface area (Å²) in [4.78, 5) is 10.6. The molecule has 2 aromatic rings. The lowest BCUT2D eigenvalue weighted by Crippen LogP contribution is -1.92. The number of methoxy groups -OCH3 is 1. The van der Waals surface area contributed by atoms with E-state index in [0.29, 0.717) is 5.76 Å². The Labute approximate surface area is 111 Å². The average molecular weight is 254 g/mol. The minimum absolute atomic E-state index is 0.306. The molecule has 0 bridgehead atoms. The maximum absolute atomic E-state index is 10.6. The molecule has 3 heteroatoms. The molecule has 0 atom stereocenters. The number of fused-ring (bicyclic) bond motifs is 1. The molecule has 0 saturated heterocycles. The van der Waals surface area contributed by atoms with Gasteiger partial charge in [0, 0.05) is 0 Å². The first kappa shape index (κ1) is 12.9. The van der Waals surface area contributed by atoms with Crippen molar-refractivity contribution in [3.05, 3.63) is 65.9 Å². The Morgan fingerprint density at radius 1 is 1.16 bits per heavy atom. The molecule has 2 rings (SSSR count). The molecular formula is C16H14O3. The van der Waals surface area contributed by atoms with Gasteiger partial charge in [0.05, 0.1) is 13.2 Å². The summed E-state index contributed by atoms with van der Waals surface area (Å²) in [6, 6.07) is 14.1. The van der Waals surface area contributed by atoms with E-state index in [4.69, 9.17) is 9.84 Å². The summed E-state index contributed by atoms with van der Waals surface area (Å²) in [5, 5.41) is 11.0. The molecule has 0 amide bonds. The minimum Gasteiger partial charge on any atom is -0.496 e. The molecule has 0 radical (unpaired) electrons. The van der Waals surface area contributed by atoms with Crippen LogP contribution in [-0.4, -0.2) is 18.2 Å². The summed E-state index contributed by atoms with van der Waals surface area (Å²) < 4.78 is 4.96. The number of hydrogen-bond donors (Lipinski definition) is 1. The summed E-state index contributed by atoms with van der Waals surface area (Å²) in [5.41, 5.74) is 0.993. The fourth-order valence-corrected chi connectivity index (χ4v) is 1.79. The molecule has 0 aromatic heterocycles. The average Bonchev–Trinajstić information content (AvgIpc) is 2.42. The third-order valence-corrected chi connectivity index (χ3v) is 2.72. The zero-order valence-electron chi connectivity index (χ0n) is 10.5. The van der Waals surface area contributed by atoms with Crippen molar-refractivity contribution < 1.29 is 14.6 Å². The molecule has 0 aliphatic rings. The Hall–Kier alpha value is -2.55. The van der Waals surface area contributed by atoms with Crippen molar-refractivity contribution in [1.29, 1.82) is 0 Å². The maximum Gasteiger partial charge on any atom is 0.332 e. The Morgan fingerprint density at radius 2 is 1.89 bits per heavy atom. The zero-order chi connectivity index (χ0) is 13.7. The van der Waals surface area contributed by atoms with E-state index in [9.17, 15) is 4.79 Å². The highest BCUT2D eigenvalue weighted by Crippen LogP contribution is 2.17. The van der Waals surface area contributed by atoms with Crippen LogP contribution < -0.4 is 0 Å². The molecule has 0 unspecified atom stereocenters. The van der Waals surface area contributed by atoms with Gasteiger partial charge >= 0.3 is 5.97 Å². The minimum atomic E-state index is -1.03. The monoisotopic (exact) mass is 254 g/mol. The Kier molecular flexibility index (Phi) is 3.98. The van der Waals surface area contributed by atoms with Gasteiger partial charge in [0.25, 0.3) is 0 Å². The first-order chi connectivity index (χ1) is 9.19. The van der Waals surface area contributed by atoms with Gasteiger partial charge in [0.1, 0.15) is 5.76 Å². The number of allylic oxidation sites excluding steroid dienone is 1. The van der Waals surface area contributed by atoms with Crippen LogP contribution in [0.5, 0.6) is 0 Å². The lowest BCUT2D eigenvalue weighted by molar-refractivity contribution is -0.131. The molecule has 0 aliphatic carbocycles. The fraction of sp³-hybridized carbons (Fsp3) is 0.0625. The second-order valence-corrected chi connectivity index (χ2v) is 4.03. The molecule has 0 heterocycles. The summed E-state index contributed by atoms with van der Waals surface area (Å²) in [5.74, 6) is -0.722. The van der Waals surface area contributed by atoms with Crippen LogP contribution >= 0.6 is 0 Å². The van der Waals surface area contributed by atoms with Gasteiger partial charge in [-0.15, -0.1) is 0 Å². The highest BCUT2D eigenvalue weighted by molar-refractivity contribution is 5.85. The van der Waals surface area contributed by atoms with E-state index < -0.39 is 5.97 Å². The first-order valence-electron chi connectivity index (χ1n) is 5.84. The largest absolute Gasteiger partial charge is 0.496 e. The summed E-state index contributed by atoms with van der Waals surface area (Å²) in [7, 11) is 1.44. The summed E-state index contributed by atoms with van der Waals surface area (Å²) in [6.07, 6.45) is 4.49. The molecule has 0 saturated carbocycles. The van der Waals surface area contributed by atoms with Crippen LogP contribution in [-0.2, 0) is 9.53 Å².